The zero-order valence-electron chi connectivity index (χ0n) is 16.4. The fourth-order valence-corrected chi connectivity index (χ4v) is 3.45. The topological polar surface area (TPSA) is 87.2 Å². The molecule has 0 unspecified atom stereocenters. The van der Waals surface area contributed by atoms with Gasteiger partial charge in [-0.2, -0.15) is 0 Å². The third-order valence-corrected chi connectivity index (χ3v) is 5.13. The number of halogens is 1. The van der Waals surface area contributed by atoms with Crippen molar-refractivity contribution in [3.63, 3.8) is 0 Å². The highest BCUT2D eigenvalue weighted by molar-refractivity contribution is 6.30. The van der Waals surface area contributed by atoms with E-state index in [0.717, 1.165) is 16.0 Å². The third-order valence-electron chi connectivity index (χ3n) is 4.90. The smallest absolute Gasteiger partial charge is 0.303 e. The van der Waals surface area contributed by atoms with E-state index in [1.54, 1.807) is 31.2 Å². The van der Waals surface area contributed by atoms with E-state index in [0.29, 0.717) is 16.4 Å². The fraction of sp³-hybridized carbons (Fsp3) is 0.136. The van der Waals surface area contributed by atoms with Crippen LogP contribution in [0.5, 0.6) is 0 Å². The number of nitrogens with one attached hydrogen (secondary N) is 2. The van der Waals surface area contributed by atoms with Gasteiger partial charge in [0.15, 0.2) is 0 Å². The first-order chi connectivity index (χ1) is 14.3. The van der Waals surface area contributed by atoms with Crippen LogP contribution >= 0.6 is 11.6 Å². The molecule has 8 heteroatoms. The van der Waals surface area contributed by atoms with Crippen molar-refractivity contribution in [1.82, 2.24) is 20.0 Å². The molecular weight excluding hydrogens is 404 g/mol. The van der Waals surface area contributed by atoms with Gasteiger partial charge in [0.2, 0.25) is 0 Å². The molecule has 1 saturated heterocycles. The molecule has 7 nitrogen and oxygen atoms in total. The lowest BCUT2D eigenvalue weighted by molar-refractivity contribution is -0.123. The number of amides is 3. The summed E-state index contributed by atoms with van der Waals surface area (Å²) in [5.74, 6) is -0.477. The first-order valence-corrected chi connectivity index (χ1v) is 9.69. The molecular formula is C22H19ClN4O3. The second kappa shape index (κ2) is 7.68. The summed E-state index contributed by atoms with van der Waals surface area (Å²) in [5.41, 5.74) is 3.07. The Bertz CT molecular complexity index is 1240. The number of rotatable bonds is 4. The van der Waals surface area contributed by atoms with Gasteiger partial charge >= 0.3 is 6.03 Å². The molecule has 0 saturated carbocycles. The molecule has 4 rings (SSSR count). The molecule has 30 heavy (non-hydrogen) atoms. The van der Waals surface area contributed by atoms with E-state index >= 15 is 0 Å². The van der Waals surface area contributed by atoms with Crippen molar-refractivity contribution in [3.05, 3.63) is 92.0 Å². The molecule has 1 aliphatic rings. The molecule has 0 radical (unpaired) electrons. The van der Waals surface area contributed by atoms with Crippen LogP contribution in [0.3, 0.4) is 0 Å². The van der Waals surface area contributed by atoms with Gasteiger partial charge in [-0.1, -0.05) is 47.5 Å². The quantitative estimate of drug-likeness (QED) is 0.498. The molecule has 2 heterocycles. The minimum Gasteiger partial charge on any atom is -0.303 e. The van der Waals surface area contributed by atoms with Crippen molar-refractivity contribution in [2.45, 2.75) is 20.4 Å². The number of hydrogen-bond donors (Lipinski definition) is 2. The van der Waals surface area contributed by atoms with E-state index in [1.807, 2.05) is 31.2 Å². The van der Waals surface area contributed by atoms with Crippen molar-refractivity contribution < 1.29 is 9.59 Å². The molecule has 3 aromatic rings. The van der Waals surface area contributed by atoms with E-state index in [-0.39, 0.29) is 23.4 Å². The number of carbonyl (C=O) groups excluding carboxylic acids is 2. The Balaban J connectivity index is 1.64. The normalized spacial score (nSPS) is 15.2. The van der Waals surface area contributed by atoms with Gasteiger partial charge in [-0.25, -0.2) is 9.48 Å². The van der Waals surface area contributed by atoms with Gasteiger partial charge in [0.1, 0.15) is 5.70 Å². The van der Waals surface area contributed by atoms with Gasteiger partial charge in [-0.15, -0.1) is 0 Å². The highest BCUT2D eigenvalue weighted by Crippen LogP contribution is 2.18. The molecule has 1 aromatic heterocycles. The summed E-state index contributed by atoms with van der Waals surface area (Å²) in [5, 5.41) is 6.03. The first kappa shape index (κ1) is 19.7. The molecule has 0 spiro atoms. The monoisotopic (exact) mass is 422 g/mol. The van der Waals surface area contributed by atoms with Gasteiger partial charge in [0.25, 0.3) is 11.5 Å². The lowest BCUT2D eigenvalue weighted by Crippen LogP contribution is -2.30. The summed E-state index contributed by atoms with van der Waals surface area (Å²) in [6.07, 6.45) is 1.41. The SMILES string of the molecule is Cc1ccc(CN2C(=O)NC(=Cc3c(C)[nH]n(-c4cccc(Cl)c4)c3=O)C2=O)cc1. The van der Waals surface area contributed by atoms with Crippen LogP contribution in [0.1, 0.15) is 22.4 Å². The minimum atomic E-state index is -0.518. The van der Waals surface area contributed by atoms with Gasteiger partial charge in [0.05, 0.1) is 17.8 Å². The molecule has 2 aromatic carbocycles. The Hall–Kier alpha value is -3.58. The number of urea groups is 1. The Kier molecular flexibility index (Phi) is 5.05. The van der Waals surface area contributed by atoms with Crippen molar-refractivity contribution in [2.75, 3.05) is 0 Å². The van der Waals surface area contributed by atoms with Crippen molar-refractivity contribution in [1.29, 1.82) is 0 Å². The minimum absolute atomic E-state index is 0.0598. The summed E-state index contributed by atoms with van der Waals surface area (Å²) in [7, 11) is 0. The number of imide groups is 1. The van der Waals surface area contributed by atoms with Crippen LogP contribution in [0.15, 0.2) is 59.0 Å². The molecule has 3 amide bonds. The Morgan fingerprint density at radius 2 is 1.77 bits per heavy atom. The molecule has 1 aliphatic heterocycles. The summed E-state index contributed by atoms with van der Waals surface area (Å²) >= 11 is 6.02. The summed E-state index contributed by atoms with van der Waals surface area (Å²) in [4.78, 5) is 39.1. The van der Waals surface area contributed by atoms with E-state index < -0.39 is 11.9 Å². The number of carbonyl (C=O) groups is 2. The van der Waals surface area contributed by atoms with E-state index in [9.17, 15) is 14.4 Å². The van der Waals surface area contributed by atoms with Gasteiger partial charge in [-0.3, -0.25) is 19.6 Å². The van der Waals surface area contributed by atoms with Gasteiger partial charge in [-0.05, 0) is 43.7 Å². The first-order valence-electron chi connectivity index (χ1n) is 9.31. The van der Waals surface area contributed by atoms with E-state index in [1.165, 1.54) is 10.8 Å². The molecule has 0 aliphatic carbocycles. The van der Waals surface area contributed by atoms with Crippen LogP contribution in [0.4, 0.5) is 4.79 Å². The zero-order valence-corrected chi connectivity index (χ0v) is 17.2. The van der Waals surface area contributed by atoms with E-state index in [2.05, 4.69) is 10.4 Å². The molecule has 0 atom stereocenters. The lowest BCUT2D eigenvalue weighted by Gasteiger charge is -2.11. The van der Waals surface area contributed by atoms with Crippen LogP contribution in [0.2, 0.25) is 5.02 Å². The number of benzene rings is 2. The number of aromatic nitrogens is 2. The number of aryl methyl sites for hydroxylation is 2. The summed E-state index contributed by atoms with van der Waals surface area (Å²) in [6.45, 7) is 3.84. The lowest BCUT2D eigenvalue weighted by atomic mass is 10.1. The number of hydrogen-bond acceptors (Lipinski definition) is 3. The zero-order chi connectivity index (χ0) is 21.4. The van der Waals surface area contributed by atoms with Crippen LogP contribution in [0, 0.1) is 13.8 Å². The highest BCUT2D eigenvalue weighted by atomic mass is 35.5. The molecule has 2 N–H and O–H groups in total. The van der Waals surface area contributed by atoms with Crippen molar-refractivity contribution in [2.24, 2.45) is 0 Å². The van der Waals surface area contributed by atoms with Gasteiger partial charge in [0, 0.05) is 10.7 Å². The summed E-state index contributed by atoms with van der Waals surface area (Å²) in [6, 6.07) is 13.9. The van der Waals surface area contributed by atoms with E-state index in [4.69, 9.17) is 11.6 Å². The van der Waals surface area contributed by atoms with Gasteiger partial charge < -0.3 is 5.32 Å². The fourth-order valence-electron chi connectivity index (χ4n) is 3.26. The second-order valence-corrected chi connectivity index (χ2v) is 7.57. The summed E-state index contributed by atoms with van der Waals surface area (Å²) < 4.78 is 1.35. The van der Waals surface area contributed by atoms with Crippen LogP contribution < -0.4 is 10.9 Å². The highest BCUT2D eigenvalue weighted by Gasteiger charge is 2.34. The maximum atomic E-state index is 12.9. The standard InChI is InChI=1S/C22H19ClN4O3/c1-13-6-8-15(9-7-13)12-26-21(29)19(24-22(26)30)11-18-14(2)25-27(20(18)28)17-5-3-4-16(23)10-17/h3-11,25H,12H2,1-2H3,(H,24,30). The largest absolute Gasteiger partial charge is 0.329 e. The molecule has 1 fully saturated rings. The molecule has 0 bridgehead atoms. The average molecular weight is 423 g/mol. The predicted octanol–water partition coefficient (Wildman–Crippen LogP) is 3.53. The van der Waals surface area contributed by atoms with Crippen molar-refractivity contribution in [3.8, 4) is 5.69 Å². The Morgan fingerprint density at radius 3 is 2.47 bits per heavy atom. The second-order valence-electron chi connectivity index (χ2n) is 7.14. The number of nitrogens with zero attached hydrogens (tertiary/aromatic N) is 2. The van der Waals surface area contributed by atoms with Crippen LogP contribution in [0.25, 0.3) is 11.8 Å². The Labute approximate surface area is 177 Å². The maximum Gasteiger partial charge on any atom is 0.329 e. The predicted molar refractivity (Wildman–Crippen MR) is 114 cm³/mol. The third kappa shape index (κ3) is 3.67. The maximum absolute atomic E-state index is 12.9. The Morgan fingerprint density at radius 1 is 1.03 bits per heavy atom. The van der Waals surface area contributed by atoms with Crippen LogP contribution in [-0.2, 0) is 11.3 Å². The molecule has 152 valence electrons. The van der Waals surface area contributed by atoms with Crippen LogP contribution in [-0.4, -0.2) is 26.6 Å². The van der Waals surface area contributed by atoms with Crippen molar-refractivity contribution >= 4 is 29.6 Å². The number of H-pyrrole nitrogens is 1. The number of aromatic amines is 1. The average Bonchev–Trinajstić information content (AvgIpc) is 3.14.